The minimum Gasteiger partial charge on any atom is -0.496 e. The molecule has 3 nitrogen and oxygen atoms in total. The van der Waals surface area contributed by atoms with Crippen molar-refractivity contribution in [3.05, 3.63) is 23.0 Å². The summed E-state index contributed by atoms with van der Waals surface area (Å²) in [6.07, 6.45) is 2.51. The van der Waals surface area contributed by atoms with Crippen LogP contribution in [0, 0.1) is 19.8 Å². The lowest BCUT2D eigenvalue weighted by atomic mass is 9.97. The Morgan fingerprint density at radius 1 is 1.47 bits per heavy atom. The molecule has 2 unspecified atom stereocenters. The summed E-state index contributed by atoms with van der Waals surface area (Å²) in [5.41, 5.74) is 3.23. The average Bonchev–Trinajstić information content (AvgIpc) is 2.69. The highest BCUT2D eigenvalue weighted by Gasteiger charge is 2.27. The molecule has 1 aromatic heterocycles. The van der Waals surface area contributed by atoms with Gasteiger partial charge in [0.05, 0.1) is 13.2 Å². The first kappa shape index (κ1) is 12.7. The summed E-state index contributed by atoms with van der Waals surface area (Å²) in [4.78, 5) is 4.48. The van der Waals surface area contributed by atoms with E-state index < -0.39 is 0 Å². The Kier molecular flexibility index (Phi) is 3.94. The van der Waals surface area contributed by atoms with Crippen LogP contribution < -0.4 is 4.74 Å². The number of hydrogen-bond donors (Lipinski definition) is 1. The van der Waals surface area contributed by atoms with Crippen LogP contribution >= 0.6 is 11.8 Å². The van der Waals surface area contributed by atoms with E-state index in [1.54, 1.807) is 7.11 Å². The number of thioether (sulfide) groups is 1. The second-order valence-corrected chi connectivity index (χ2v) is 5.69. The quantitative estimate of drug-likeness (QED) is 0.894. The first-order valence-corrected chi connectivity index (χ1v) is 7.03. The molecule has 0 aliphatic carbocycles. The first-order chi connectivity index (χ1) is 8.13. The molecule has 94 valence electrons. The van der Waals surface area contributed by atoms with Crippen molar-refractivity contribution >= 4 is 11.8 Å². The molecule has 1 N–H and O–H groups in total. The summed E-state index contributed by atoms with van der Waals surface area (Å²) >= 11 is 1.82. The topological polar surface area (TPSA) is 42.4 Å². The third kappa shape index (κ3) is 2.58. The fourth-order valence-electron chi connectivity index (χ4n) is 2.31. The van der Waals surface area contributed by atoms with Gasteiger partial charge in [-0.3, -0.25) is 4.98 Å². The maximum absolute atomic E-state index is 9.84. The Labute approximate surface area is 107 Å². The van der Waals surface area contributed by atoms with Crippen molar-refractivity contribution < 1.29 is 9.84 Å². The molecule has 1 aromatic rings. The SMILES string of the molecule is COc1c(C)cnc(CC2CSCC2O)c1C. The van der Waals surface area contributed by atoms with Gasteiger partial charge >= 0.3 is 0 Å². The van der Waals surface area contributed by atoms with Gasteiger partial charge in [0.2, 0.25) is 0 Å². The normalized spacial score (nSPS) is 24.0. The summed E-state index contributed by atoms with van der Waals surface area (Å²) in [5, 5.41) is 9.84. The van der Waals surface area contributed by atoms with Gasteiger partial charge in [0.15, 0.2) is 0 Å². The fraction of sp³-hybridized carbons (Fsp3) is 0.615. The van der Waals surface area contributed by atoms with Crippen molar-refractivity contribution in [2.75, 3.05) is 18.6 Å². The predicted molar refractivity (Wildman–Crippen MR) is 70.8 cm³/mol. The zero-order chi connectivity index (χ0) is 12.4. The van der Waals surface area contributed by atoms with E-state index in [0.717, 1.165) is 40.5 Å². The fourth-order valence-corrected chi connectivity index (χ4v) is 3.60. The number of aromatic nitrogens is 1. The molecule has 0 saturated carbocycles. The molecule has 2 atom stereocenters. The van der Waals surface area contributed by atoms with E-state index >= 15 is 0 Å². The zero-order valence-corrected chi connectivity index (χ0v) is 11.4. The lowest BCUT2D eigenvalue weighted by molar-refractivity contribution is 0.149. The van der Waals surface area contributed by atoms with Crippen molar-refractivity contribution in [1.29, 1.82) is 0 Å². The smallest absolute Gasteiger partial charge is 0.128 e. The maximum Gasteiger partial charge on any atom is 0.128 e. The number of aryl methyl sites for hydroxylation is 1. The number of pyridine rings is 1. The van der Waals surface area contributed by atoms with Gasteiger partial charge in [0.1, 0.15) is 5.75 Å². The van der Waals surface area contributed by atoms with Crippen molar-refractivity contribution in [3.8, 4) is 5.75 Å². The number of ether oxygens (including phenoxy) is 1. The zero-order valence-electron chi connectivity index (χ0n) is 10.6. The van der Waals surface area contributed by atoms with Crippen LogP contribution in [0.3, 0.4) is 0 Å². The molecule has 2 heterocycles. The second kappa shape index (κ2) is 5.27. The molecular weight excluding hydrogens is 234 g/mol. The van der Waals surface area contributed by atoms with Gasteiger partial charge in [-0.2, -0.15) is 11.8 Å². The highest BCUT2D eigenvalue weighted by atomic mass is 32.2. The van der Waals surface area contributed by atoms with Crippen LogP contribution in [0.25, 0.3) is 0 Å². The Bertz CT molecular complexity index is 409. The van der Waals surface area contributed by atoms with E-state index in [2.05, 4.69) is 4.98 Å². The second-order valence-electron chi connectivity index (χ2n) is 4.62. The Morgan fingerprint density at radius 3 is 2.82 bits per heavy atom. The van der Waals surface area contributed by atoms with Crippen LogP contribution in [0.15, 0.2) is 6.20 Å². The minimum absolute atomic E-state index is 0.187. The van der Waals surface area contributed by atoms with Crippen LogP contribution in [0.4, 0.5) is 0 Å². The third-order valence-electron chi connectivity index (χ3n) is 3.37. The molecule has 1 aliphatic rings. The molecule has 1 saturated heterocycles. The van der Waals surface area contributed by atoms with Crippen LogP contribution in [-0.2, 0) is 6.42 Å². The number of rotatable bonds is 3. The number of aliphatic hydroxyl groups is 1. The Morgan fingerprint density at radius 2 is 2.24 bits per heavy atom. The largest absolute Gasteiger partial charge is 0.496 e. The maximum atomic E-state index is 9.84. The highest BCUT2D eigenvalue weighted by molar-refractivity contribution is 7.99. The summed E-state index contributed by atoms with van der Waals surface area (Å²) in [7, 11) is 1.69. The van der Waals surface area contributed by atoms with Crippen LogP contribution in [-0.4, -0.2) is 34.8 Å². The van der Waals surface area contributed by atoms with E-state index in [-0.39, 0.29) is 6.10 Å². The van der Waals surface area contributed by atoms with Gasteiger partial charge in [-0.1, -0.05) is 0 Å². The molecule has 0 radical (unpaired) electrons. The van der Waals surface area contributed by atoms with E-state index in [1.807, 2.05) is 31.8 Å². The van der Waals surface area contributed by atoms with E-state index in [9.17, 15) is 5.11 Å². The molecule has 17 heavy (non-hydrogen) atoms. The lowest BCUT2D eigenvalue weighted by Crippen LogP contribution is -2.21. The van der Waals surface area contributed by atoms with Crippen molar-refractivity contribution in [1.82, 2.24) is 4.98 Å². The molecule has 0 amide bonds. The van der Waals surface area contributed by atoms with Crippen LogP contribution in [0.5, 0.6) is 5.75 Å². The molecule has 0 aromatic carbocycles. The molecule has 1 aliphatic heterocycles. The van der Waals surface area contributed by atoms with Crippen LogP contribution in [0.2, 0.25) is 0 Å². The van der Waals surface area contributed by atoms with E-state index in [4.69, 9.17) is 4.74 Å². The van der Waals surface area contributed by atoms with Crippen molar-refractivity contribution in [2.24, 2.45) is 5.92 Å². The van der Waals surface area contributed by atoms with Gasteiger partial charge in [0, 0.05) is 34.7 Å². The van der Waals surface area contributed by atoms with Gasteiger partial charge in [-0.25, -0.2) is 0 Å². The van der Waals surface area contributed by atoms with E-state index in [1.165, 1.54) is 0 Å². The molecule has 4 heteroatoms. The Hall–Kier alpha value is -0.740. The van der Waals surface area contributed by atoms with Crippen LogP contribution in [0.1, 0.15) is 16.8 Å². The monoisotopic (exact) mass is 253 g/mol. The Balaban J connectivity index is 2.21. The van der Waals surface area contributed by atoms with Gasteiger partial charge in [-0.15, -0.1) is 0 Å². The number of aliphatic hydroxyl groups excluding tert-OH is 1. The average molecular weight is 253 g/mol. The third-order valence-corrected chi connectivity index (χ3v) is 4.61. The number of nitrogens with zero attached hydrogens (tertiary/aromatic N) is 1. The number of hydrogen-bond acceptors (Lipinski definition) is 4. The van der Waals surface area contributed by atoms with Gasteiger partial charge < -0.3 is 9.84 Å². The lowest BCUT2D eigenvalue weighted by Gasteiger charge is -2.16. The minimum atomic E-state index is -0.187. The summed E-state index contributed by atoms with van der Waals surface area (Å²) in [6, 6.07) is 0. The number of methoxy groups -OCH3 is 1. The molecule has 0 bridgehead atoms. The molecule has 2 rings (SSSR count). The molecular formula is C13H19NO2S. The standard InChI is InChI=1S/C13H19NO2S/c1-8-5-14-11(9(2)13(8)16-3)4-10-6-17-7-12(10)15/h5,10,12,15H,4,6-7H2,1-3H3. The van der Waals surface area contributed by atoms with Crippen molar-refractivity contribution in [2.45, 2.75) is 26.4 Å². The predicted octanol–water partition coefficient (Wildman–Crippen LogP) is 1.97. The van der Waals surface area contributed by atoms with Gasteiger partial charge in [-0.05, 0) is 26.0 Å². The molecule has 0 spiro atoms. The summed E-state index contributed by atoms with van der Waals surface area (Å²) in [5.74, 6) is 3.14. The van der Waals surface area contributed by atoms with Gasteiger partial charge in [0.25, 0.3) is 0 Å². The summed E-state index contributed by atoms with van der Waals surface area (Å²) in [6.45, 7) is 4.05. The summed E-state index contributed by atoms with van der Waals surface area (Å²) < 4.78 is 5.40. The van der Waals surface area contributed by atoms with Crippen molar-refractivity contribution in [3.63, 3.8) is 0 Å². The molecule has 1 fully saturated rings. The van der Waals surface area contributed by atoms with E-state index in [0.29, 0.717) is 5.92 Å². The highest BCUT2D eigenvalue weighted by Crippen LogP contribution is 2.30. The first-order valence-electron chi connectivity index (χ1n) is 5.88.